The SMILES string of the molecule is Cc1ccc(C)o1.Cc1cccc(C)c1.Cc1ccccc1.Cc1ccco1.[H-].[H-].[HH].[HH].[HH].[HH].[K+].[K+]. The average Bonchev–Trinajstić information content (AvgIpc) is 3.28. The van der Waals surface area contributed by atoms with E-state index in [0.29, 0.717) is 0 Å². The Morgan fingerprint density at radius 2 is 1.03 bits per heavy atom. The van der Waals surface area contributed by atoms with Crippen molar-refractivity contribution in [3.8, 4) is 0 Å². The molecule has 2 nitrogen and oxygen atoms in total. The molecule has 0 bridgehead atoms. The molecule has 0 amide bonds. The Balaban J connectivity index is -0.0000000452. The van der Waals surface area contributed by atoms with E-state index >= 15 is 0 Å². The minimum atomic E-state index is 0. The molecule has 0 fully saturated rings. The number of hydrogen-bond acceptors (Lipinski definition) is 2. The van der Waals surface area contributed by atoms with Crippen LogP contribution in [0.3, 0.4) is 0 Å². The maximum absolute atomic E-state index is 5.08. The number of aryl methyl sites for hydroxylation is 6. The first kappa shape index (κ1) is 32.5. The van der Waals surface area contributed by atoms with E-state index in [0.717, 1.165) is 17.3 Å². The fourth-order valence-electron chi connectivity index (χ4n) is 2.26. The van der Waals surface area contributed by atoms with Gasteiger partial charge in [0, 0.05) is 5.71 Å². The fourth-order valence-corrected chi connectivity index (χ4v) is 2.26. The third-order valence-electron chi connectivity index (χ3n) is 3.65. The average molecular weight is 465 g/mol. The van der Waals surface area contributed by atoms with Gasteiger partial charge in [0.2, 0.25) is 0 Å². The number of furan rings is 2. The summed E-state index contributed by atoms with van der Waals surface area (Å²) in [7, 11) is 0. The van der Waals surface area contributed by atoms with E-state index in [1.165, 1.54) is 16.7 Å². The quantitative estimate of drug-likeness (QED) is 0.374. The summed E-state index contributed by atoms with van der Waals surface area (Å²) in [6.45, 7) is 12.1. The zero-order valence-corrected chi connectivity index (χ0v) is 26.1. The van der Waals surface area contributed by atoms with E-state index in [1.54, 1.807) is 6.26 Å². The third kappa shape index (κ3) is 17.9. The van der Waals surface area contributed by atoms with Crippen LogP contribution in [-0.4, -0.2) is 0 Å². The predicted octanol–water partition coefficient (Wildman–Crippen LogP) is 3.00. The standard InChI is InChI=1S/C8H10.C7H8.C6H8O.C5H6O.2K.4H2.2H/c1-7-4-3-5-8(2)6-7;1-7-5-3-2-4-6-7;1-5-3-4-6(2)7-5;1-5-3-2-4-6-5;;;;;;;;/h3-6H,1-2H3;2-6H,1H3;3-4H,1-2H3;2-4H,1H3;;;4*1H;;/q;;;;2*+1;;;;;2*-1. The maximum Gasteiger partial charge on any atom is 1.00 e. The Bertz CT molecular complexity index is 872. The van der Waals surface area contributed by atoms with Crippen LogP contribution in [0.5, 0.6) is 0 Å². The van der Waals surface area contributed by atoms with E-state index in [4.69, 9.17) is 8.83 Å². The molecule has 4 rings (SSSR count). The monoisotopic (exact) mass is 464 g/mol. The van der Waals surface area contributed by atoms with Gasteiger partial charge in [-0.1, -0.05) is 71.3 Å². The number of hydrogen-bond donors (Lipinski definition) is 0. The van der Waals surface area contributed by atoms with Crippen molar-refractivity contribution >= 4 is 0 Å². The van der Waals surface area contributed by atoms with Gasteiger partial charge >= 0.3 is 103 Å². The van der Waals surface area contributed by atoms with Gasteiger partial charge in [-0.25, -0.2) is 0 Å². The van der Waals surface area contributed by atoms with Gasteiger partial charge in [0.05, 0.1) is 6.26 Å². The van der Waals surface area contributed by atoms with Gasteiger partial charge in [-0.15, -0.1) is 0 Å². The topological polar surface area (TPSA) is 26.3 Å². The predicted molar refractivity (Wildman–Crippen MR) is 129 cm³/mol. The molecule has 2 heterocycles. The van der Waals surface area contributed by atoms with E-state index in [-0.39, 0.29) is 111 Å². The normalized spacial score (nSPS) is 8.47. The molecular formula is C26H42K2O2. The van der Waals surface area contributed by atoms with Gasteiger partial charge in [-0.05, 0) is 65.8 Å². The molecule has 0 aliphatic rings. The molecule has 0 saturated carbocycles. The van der Waals surface area contributed by atoms with Crippen molar-refractivity contribution < 1.29 is 120 Å². The Morgan fingerprint density at radius 3 is 1.23 bits per heavy atom. The van der Waals surface area contributed by atoms with Crippen LogP contribution in [0.1, 0.15) is 42.5 Å². The maximum atomic E-state index is 5.08. The van der Waals surface area contributed by atoms with Crippen LogP contribution >= 0.6 is 0 Å². The van der Waals surface area contributed by atoms with E-state index in [2.05, 4.69) is 57.2 Å². The van der Waals surface area contributed by atoms with Crippen LogP contribution < -0.4 is 103 Å². The molecule has 2 aromatic carbocycles. The summed E-state index contributed by atoms with van der Waals surface area (Å²) in [5.74, 6) is 2.94. The summed E-state index contributed by atoms with van der Waals surface area (Å²) < 4.78 is 9.92. The van der Waals surface area contributed by atoms with Crippen molar-refractivity contribution in [2.24, 2.45) is 0 Å². The number of benzene rings is 2. The van der Waals surface area contributed by atoms with Crippen LogP contribution in [0.15, 0.2) is 94.0 Å². The Kier molecular flexibility index (Phi) is 21.5. The molecule has 30 heavy (non-hydrogen) atoms. The van der Waals surface area contributed by atoms with Crippen molar-refractivity contribution in [3.05, 3.63) is 119 Å². The van der Waals surface area contributed by atoms with Gasteiger partial charge in [0.1, 0.15) is 17.3 Å². The van der Waals surface area contributed by atoms with Gasteiger partial charge < -0.3 is 11.7 Å². The molecule has 0 aliphatic carbocycles. The zero-order chi connectivity index (χ0) is 20.8. The molecule has 0 atom stereocenters. The van der Waals surface area contributed by atoms with Crippen LogP contribution in [0.25, 0.3) is 0 Å². The van der Waals surface area contributed by atoms with Gasteiger partial charge in [-0.2, -0.15) is 0 Å². The minimum absolute atomic E-state index is 0. The summed E-state index contributed by atoms with van der Waals surface area (Å²) in [6.07, 6.45) is 1.66. The van der Waals surface area contributed by atoms with E-state index < -0.39 is 0 Å². The minimum Gasteiger partial charge on any atom is -1.00 e. The van der Waals surface area contributed by atoms with Crippen molar-refractivity contribution in [2.75, 3.05) is 0 Å². The summed E-state index contributed by atoms with van der Waals surface area (Å²) in [5, 5.41) is 0. The van der Waals surface area contributed by atoms with Crippen LogP contribution in [0.4, 0.5) is 0 Å². The van der Waals surface area contributed by atoms with Crippen molar-refractivity contribution in [3.63, 3.8) is 0 Å². The Hall–Kier alpha value is 0.273. The van der Waals surface area contributed by atoms with Crippen LogP contribution in [0.2, 0.25) is 0 Å². The molecule has 160 valence electrons. The van der Waals surface area contributed by atoms with Crippen LogP contribution in [0, 0.1) is 41.5 Å². The van der Waals surface area contributed by atoms with Crippen molar-refractivity contribution in [1.29, 1.82) is 0 Å². The van der Waals surface area contributed by atoms with E-state index in [1.807, 2.05) is 63.2 Å². The Morgan fingerprint density at radius 1 is 0.533 bits per heavy atom. The molecule has 0 N–H and O–H groups in total. The second-order valence-corrected chi connectivity index (χ2v) is 6.69. The molecule has 0 radical (unpaired) electrons. The molecule has 0 saturated heterocycles. The largest absolute Gasteiger partial charge is 1.00 e. The third-order valence-corrected chi connectivity index (χ3v) is 3.65. The van der Waals surface area contributed by atoms with Crippen molar-refractivity contribution in [1.82, 2.24) is 0 Å². The summed E-state index contributed by atoms with van der Waals surface area (Å²) in [6, 6.07) is 26.4. The van der Waals surface area contributed by atoms with Gasteiger partial charge in [0.25, 0.3) is 0 Å². The Labute approximate surface area is 276 Å². The summed E-state index contributed by atoms with van der Waals surface area (Å²) >= 11 is 0. The second-order valence-electron chi connectivity index (χ2n) is 6.69. The molecule has 2 aromatic heterocycles. The number of rotatable bonds is 0. The van der Waals surface area contributed by atoms with Gasteiger partial charge in [0.15, 0.2) is 0 Å². The zero-order valence-electron chi connectivity index (χ0n) is 21.9. The van der Waals surface area contributed by atoms with Crippen LogP contribution in [-0.2, 0) is 0 Å². The molecular weight excluding hydrogens is 422 g/mol. The van der Waals surface area contributed by atoms with Crippen molar-refractivity contribution in [2.45, 2.75) is 41.5 Å². The smallest absolute Gasteiger partial charge is 1.00 e. The van der Waals surface area contributed by atoms with Gasteiger partial charge in [-0.3, -0.25) is 0 Å². The molecule has 4 aromatic rings. The first-order valence-corrected chi connectivity index (χ1v) is 9.45. The van der Waals surface area contributed by atoms with E-state index in [9.17, 15) is 0 Å². The second kappa shape index (κ2) is 19.9. The molecule has 4 heteroatoms. The molecule has 0 unspecified atom stereocenters. The fraction of sp³-hybridized carbons (Fsp3) is 0.231. The molecule has 0 aliphatic heterocycles. The molecule has 0 spiro atoms. The summed E-state index contributed by atoms with van der Waals surface area (Å²) in [4.78, 5) is 0. The first-order chi connectivity index (χ1) is 13.4. The summed E-state index contributed by atoms with van der Waals surface area (Å²) in [5.41, 5.74) is 4.00. The first-order valence-electron chi connectivity index (χ1n) is 9.45.